The normalized spacial score (nSPS) is 10.1. The standard InChI is InChI=1S/C18H21NO3/c1-4-19(13-14-5-9-16(21-2)10-6-14)18(20)15-7-11-17(22-3)12-8-15/h5-12H,4,13H2,1-3H3. The van der Waals surface area contributed by atoms with Crippen LogP contribution in [0.4, 0.5) is 0 Å². The predicted octanol–water partition coefficient (Wildman–Crippen LogP) is 3.37. The first-order chi connectivity index (χ1) is 10.7. The second-order valence-corrected chi connectivity index (χ2v) is 4.90. The van der Waals surface area contributed by atoms with Crippen LogP contribution in [0.15, 0.2) is 48.5 Å². The van der Waals surface area contributed by atoms with Gasteiger partial charge in [0.05, 0.1) is 14.2 Å². The van der Waals surface area contributed by atoms with Crippen molar-refractivity contribution in [2.24, 2.45) is 0 Å². The quantitative estimate of drug-likeness (QED) is 0.821. The predicted molar refractivity (Wildman–Crippen MR) is 86.4 cm³/mol. The number of benzene rings is 2. The van der Waals surface area contributed by atoms with Gasteiger partial charge in [0.1, 0.15) is 11.5 Å². The number of methoxy groups -OCH3 is 2. The summed E-state index contributed by atoms with van der Waals surface area (Å²) in [4.78, 5) is 14.4. The van der Waals surface area contributed by atoms with Gasteiger partial charge in [0.25, 0.3) is 5.91 Å². The van der Waals surface area contributed by atoms with Crippen molar-refractivity contribution in [2.45, 2.75) is 13.5 Å². The minimum atomic E-state index is 0.0148. The van der Waals surface area contributed by atoms with Crippen molar-refractivity contribution in [3.05, 3.63) is 59.7 Å². The van der Waals surface area contributed by atoms with E-state index in [1.165, 1.54) is 0 Å². The highest BCUT2D eigenvalue weighted by Gasteiger charge is 2.14. The van der Waals surface area contributed by atoms with Gasteiger partial charge < -0.3 is 14.4 Å². The zero-order chi connectivity index (χ0) is 15.9. The second kappa shape index (κ2) is 7.50. The summed E-state index contributed by atoms with van der Waals surface area (Å²) < 4.78 is 10.3. The second-order valence-electron chi connectivity index (χ2n) is 4.90. The van der Waals surface area contributed by atoms with E-state index in [9.17, 15) is 4.79 Å². The first-order valence-electron chi connectivity index (χ1n) is 7.24. The molecule has 116 valence electrons. The molecule has 0 aliphatic rings. The fourth-order valence-corrected chi connectivity index (χ4v) is 2.19. The maximum atomic E-state index is 12.6. The minimum absolute atomic E-state index is 0.0148. The van der Waals surface area contributed by atoms with Gasteiger partial charge in [-0.2, -0.15) is 0 Å². The zero-order valence-corrected chi connectivity index (χ0v) is 13.2. The van der Waals surface area contributed by atoms with Gasteiger partial charge in [0.2, 0.25) is 0 Å². The number of amides is 1. The van der Waals surface area contributed by atoms with Crippen LogP contribution in [0.25, 0.3) is 0 Å². The van der Waals surface area contributed by atoms with Gasteiger partial charge in [-0.3, -0.25) is 4.79 Å². The molecule has 2 aromatic carbocycles. The molecule has 0 atom stereocenters. The van der Waals surface area contributed by atoms with Crippen LogP contribution >= 0.6 is 0 Å². The lowest BCUT2D eigenvalue weighted by Crippen LogP contribution is -2.30. The molecule has 2 rings (SSSR count). The van der Waals surface area contributed by atoms with Gasteiger partial charge in [-0.25, -0.2) is 0 Å². The first kappa shape index (κ1) is 15.9. The largest absolute Gasteiger partial charge is 0.497 e. The maximum absolute atomic E-state index is 12.6. The van der Waals surface area contributed by atoms with E-state index in [0.29, 0.717) is 18.7 Å². The Hall–Kier alpha value is -2.49. The monoisotopic (exact) mass is 299 g/mol. The van der Waals surface area contributed by atoms with Crippen LogP contribution < -0.4 is 9.47 Å². The van der Waals surface area contributed by atoms with E-state index in [1.54, 1.807) is 38.5 Å². The average molecular weight is 299 g/mol. The number of hydrogen-bond donors (Lipinski definition) is 0. The molecule has 0 aliphatic heterocycles. The van der Waals surface area contributed by atoms with Crippen molar-refractivity contribution in [3.8, 4) is 11.5 Å². The smallest absolute Gasteiger partial charge is 0.254 e. The van der Waals surface area contributed by atoms with Crippen molar-refractivity contribution in [3.63, 3.8) is 0 Å². The van der Waals surface area contributed by atoms with Crippen molar-refractivity contribution >= 4 is 5.91 Å². The summed E-state index contributed by atoms with van der Waals surface area (Å²) in [7, 11) is 3.25. The summed E-state index contributed by atoms with van der Waals surface area (Å²) >= 11 is 0. The average Bonchev–Trinajstić information content (AvgIpc) is 2.59. The summed E-state index contributed by atoms with van der Waals surface area (Å²) in [6.07, 6.45) is 0. The van der Waals surface area contributed by atoms with E-state index >= 15 is 0 Å². The molecular weight excluding hydrogens is 278 g/mol. The summed E-state index contributed by atoms with van der Waals surface area (Å²) in [6, 6.07) is 14.9. The molecule has 0 fully saturated rings. The molecule has 4 heteroatoms. The molecule has 0 N–H and O–H groups in total. The third kappa shape index (κ3) is 3.79. The Balaban J connectivity index is 2.10. The Bertz CT molecular complexity index is 605. The van der Waals surface area contributed by atoms with Crippen molar-refractivity contribution in [2.75, 3.05) is 20.8 Å². The summed E-state index contributed by atoms with van der Waals surface area (Å²) in [6.45, 7) is 3.20. The van der Waals surface area contributed by atoms with Gasteiger partial charge in [0.15, 0.2) is 0 Å². The lowest BCUT2D eigenvalue weighted by atomic mass is 10.1. The van der Waals surface area contributed by atoms with Crippen molar-refractivity contribution < 1.29 is 14.3 Å². The van der Waals surface area contributed by atoms with Crippen molar-refractivity contribution in [1.29, 1.82) is 0 Å². The number of nitrogens with zero attached hydrogens (tertiary/aromatic N) is 1. The van der Waals surface area contributed by atoms with Gasteiger partial charge in [-0.15, -0.1) is 0 Å². The number of carbonyl (C=O) groups is 1. The minimum Gasteiger partial charge on any atom is -0.497 e. The molecule has 0 spiro atoms. The number of rotatable bonds is 6. The Morgan fingerprint density at radius 3 is 1.86 bits per heavy atom. The Morgan fingerprint density at radius 2 is 1.41 bits per heavy atom. The molecule has 0 bridgehead atoms. The van der Waals surface area contributed by atoms with E-state index in [1.807, 2.05) is 36.1 Å². The van der Waals surface area contributed by atoms with Crippen molar-refractivity contribution in [1.82, 2.24) is 4.90 Å². The Kier molecular flexibility index (Phi) is 5.42. The van der Waals surface area contributed by atoms with Crippen LogP contribution in [0, 0.1) is 0 Å². The molecule has 0 saturated heterocycles. The van der Waals surface area contributed by atoms with Crippen LogP contribution in [0.1, 0.15) is 22.8 Å². The molecule has 0 saturated carbocycles. The van der Waals surface area contributed by atoms with Gasteiger partial charge in [0, 0.05) is 18.7 Å². The topological polar surface area (TPSA) is 38.8 Å². The number of hydrogen-bond acceptors (Lipinski definition) is 3. The third-order valence-electron chi connectivity index (χ3n) is 3.54. The van der Waals surface area contributed by atoms with E-state index < -0.39 is 0 Å². The lowest BCUT2D eigenvalue weighted by molar-refractivity contribution is 0.0752. The van der Waals surface area contributed by atoms with E-state index in [0.717, 1.165) is 17.1 Å². The molecule has 0 unspecified atom stereocenters. The summed E-state index contributed by atoms with van der Waals surface area (Å²) in [5.41, 5.74) is 1.74. The highest BCUT2D eigenvalue weighted by molar-refractivity contribution is 5.94. The first-order valence-corrected chi connectivity index (χ1v) is 7.24. The molecule has 0 aliphatic carbocycles. The molecule has 0 radical (unpaired) electrons. The fourth-order valence-electron chi connectivity index (χ4n) is 2.19. The van der Waals surface area contributed by atoms with E-state index in [-0.39, 0.29) is 5.91 Å². The van der Waals surface area contributed by atoms with E-state index in [2.05, 4.69) is 0 Å². The number of ether oxygens (including phenoxy) is 2. The molecule has 0 heterocycles. The van der Waals surface area contributed by atoms with E-state index in [4.69, 9.17) is 9.47 Å². The molecule has 2 aromatic rings. The van der Waals surface area contributed by atoms with Crippen LogP contribution in [-0.4, -0.2) is 31.6 Å². The summed E-state index contributed by atoms with van der Waals surface area (Å²) in [5, 5.41) is 0. The third-order valence-corrected chi connectivity index (χ3v) is 3.54. The SMILES string of the molecule is CCN(Cc1ccc(OC)cc1)C(=O)c1ccc(OC)cc1. The Labute approximate surface area is 131 Å². The molecule has 0 aromatic heterocycles. The maximum Gasteiger partial charge on any atom is 0.254 e. The van der Waals surface area contributed by atoms with Gasteiger partial charge >= 0.3 is 0 Å². The summed E-state index contributed by atoms with van der Waals surface area (Å²) in [5.74, 6) is 1.57. The van der Waals surface area contributed by atoms with Crippen LogP contribution in [0.3, 0.4) is 0 Å². The van der Waals surface area contributed by atoms with Gasteiger partial charge in [-0.05, 0) is 48.9 Å². The molecule has 22 heavy (non-hydrogen) atoms. The lowest BCUT2D eigenvalue weighted by Gasteiger charge is -2.21. The highest BCUT2D eigenvalue weighted by Crippen LogP contribution is 2.16. The molecule has 4 nitrogen and oxygen atoms in total. The molecular formula is C18H21NO3. The van der Waals surface area contributed by atoms with Crippen LogP contribution in [0.5, 0.6) is 11.5 Å². The Morgan fingerprint density at radius 1 is 0.909 bits per heavy atom. The van der Waals surface area contributed by atoms with Gasteiger partial charge in [-0.1, -0.05) is 12.1 Å². The highest BCUT2D eigenvalue weighted by atomic mass is 16.5. The van der Waals surface area contributed by atoms with Crippen LogP contribution in [0.2, 0.25) is 0 Å². The number of carbonyl (C=O) groups excluding carboxylic acids is 1. The zero-order valence-electron chi connectivity index (χ0n) is 13.2. The molecule has 1 amide bonds. The van der Waals surface area contributed by atoms with Crippen LogP contribution in [-0.2, 0) is 6.54 Å². The fraction of sp³-hybridized carbons (Fsp3) is 0.278.